The van der Waals surface area contributed by atoms with E-state index in [-0.39, 0.29) is 6.61 Å². The Bertz CT molecular complexity index is 736. The maximum Gasteiger partial charge on any atom is 0.338 e. The quantitative estimate of drug-likeness (QED) is 0.859. The van der Waals surface area contributed by atoms with Gasteiger partial charge in [-0.25, -0.2) is 4.79 Å². The van der Waals surface area contributed by atoms with Gasteiger partial charge in [-0.2, -0.15) is 0 Å². The SMILES string of the molecule is Cc1cc(C)cc(C(=O)OCC(=O)Nc2ccc(C)c(Cl)c2)c1. The topological polar surface area (TPSA) is 55.4 Å². The summed E-state index contributed by atoms with van der Waals surface area (Å²) in [6, 6.07) is 10.6. The van der Waals surface area contributed by atoms with E-state index in [1.54, 1.807) is 30.3 Å². The minimum absolute atomic E-state index is 0.350. The first-order valence-electron chi connectivity index (χ1n) is 7.16. The summed E-state index contributed by atoms with van der Waals surface area (Å²) in [5.41, 5.74) is 3.86. The third-order valence-electron chi connectivity index (χ3n) is 3.25. The molecule has 1 amide bonds. The van der Waals surface area contributed by atoms with Crippen molar-refractivity contribution in [2.75, 3.05) is 11.9 Å². The Labute approximate surface area is 140 Å². The zero-order valence-corrected chi connectivity index (χ0v) is 14.0. The molecule has 0 aliphatic rings. The number of nitrogens with one attached hydrogen (secondary N) is 1. The van der Waals surface area contributed by atoms with Crippen molar-refractivity contribution in [1.82, 2.24) is 0 Å². The molecule has 0 aromatic heterocycles. The molecule has 0 atom stereocenters. The van der Waals surface area contributed by atoms with E-state index in [2.05, 4.69) is 5.32 Å². The van der Waals surface area contributed by atoms with E-state index in [1.807, 2.05) is 26.8 Å². The molecule has 0 bridgehead atoms. The second-order valence-electron chi connectivity index (χ2n) is 5.46. The van der Waals surface area contributed by atoms with Crippen molar-refractivity contribution in [1.29, 1.82) is 0 Å². The first-order valence-corrected chi connectivity index (χ1v) is 7.54. The molecular formula is C18H18ClNO3. The normalized spacial score (nSPS) is 10.3. The number of rotatable bonds is 4. The Kier molecular flexibility index (Phi) is 5.40. The summed E-state index contributed by atoms with van der Waals surface area (Å²) in [6.07, 6.45) is 0. The fraction of sp³-hybridized carbons (Fsp3) is 0.222. The average Bonchev–Trinajstić information content (AvgIpc) is 2.47. The molecule has 0 aliphatic heterocycles. The van der Waals surface area contributed by atoms with Crippen molar-refractivity contribution in [3.8, 4) is 0 Å². The minimum Gasteiger partial charge on any atom is -0.452 e. The van der Waals surface area contributed by atoms with Crippen LogP contribution in [0.15, 0.2) is 36.4 Å². The monoisotopic (exact) mass is 331 g/mol. The summed E-state index contributed by atoms with van der Waals surface area (Å²) >= 11 is 6.00. The molecule has 0 heterocycles. The van der Waals surface area contributed by atoms with Crippen LogP contribution in [-0.2, 0) is 9.53 Å². The van der Waals surface area contributed by atoms with Crippen LogP contribution < -0.4 is 5.32 Å². The highest BCUT2D eigenvalue weighted by Crippen LogP contribution is 2.19. The summed E-state index contributed by atoms with van der Waals surface area (Å²) in [5, 5.41) is 3.20. The molecule has 0 fully saturated rings. The summed E-state index contributed by atoms with van der Waals surface area (Å²) in [7, 11) is 0. The van der Waals surface area contributed by atoms with Gasteiger partial charge in [-0.1, -0.05) is 34.9 Å². The van der Waals surface area contributed by atoms with Crippen LogP contribution in [0, 0.1) is 20.8 Å². The fourth-order valence-electron chi connectivity index (χ4n) is 2.17. The molecule has 0 saturated heterocycles. The molecule has 4 nitrogen and oxygen atoms in total. The van der Waals surface area contributed by atoms with Crippen LogP contribution in [0.2, 0.25) is 5.02 Å². The van der Waals surface area contributed by atoms with Crippen LogP contribution in [0.5, 0.6) is 0 Å². The van der Waals surface area contributed by atoms with E-state index in [0.717, 1.165) is 16.7 Å². The highest BCUT2D eigenvalue weighted by Gasteiger charge is 2.11. The van der Waals surface area contributed by atoms with Crippen molar-refractivity contribution >= 4 is 29.2 Å². The molecule has 0 radical (unpaired) electrons. The lowest BCUT2D eigenvalue weighted by Gasteiger charge is -2.08. The Morgan fingerprint density at radius 2 is 1.70 bits per heavy atom. The molecular weight excluding hydrogens is 314 g/mol. The van der Waals surface area contributed by atoms with Gasteiger partial charge in [0.25, 0.3) is 5.91 Å². The van der Waals surface area contributed by atoms with Crippen molar-refractivity contribution < 1.29 is 14.3 Å². The zero-order chi connectivity index (χ0) is 17.0. The van der Waals surface area contributed by atoms with Crippen molar-refractivity contribution in [3.63, 3.8) is 0 Å². The second kappa shape index (κ2) is 7.29. The average molecular weight is 332 g/mol. The van der Waals surface area contributed by atoms with Gasteiger partial charge in [-0.05, 0) is 50.6 Å². The summed E-state index contributed by atoms with van der Waals surface area (Å²) in [5.74, 6) is -0.934. The summed E-state index contributed by atoms with van der Waals surface area (Å²) in [6.45, 7) is 5.33. The third-order valence-corrected chi connectivity index (χ3v) is 3.65. The summed E-state index contributed by atoms with van der Waals surface area (Å²) in [4.78, 5) is 23.8. The molecule has 0 spiro atoms. The smallest absolute Gasteiger partial charge is 0.338 e. The highest BCUT2D eigenvalue weighted by molar-refractivity contribution is 6.31. The van der Waals surface area contributed by atoms with Gasteiger partial charge < -0.3 is 10.1 Å². The number of hydrogen-bond acceptors (Lipinski definition) is 3. The van der Waals surface area contributed by atoms with Crippen LogP contribution in [0.25, 0.3) is 0 Å². The number of amides is 1. The van der Waals surface area contributed by atoms with Gasteiger partial charge in [-0.3, -0.25) is 4.79 Å². The van der Waals surface area contributed by atoms with Gasteiger partial charge in [-0.15, -0.1) is 0 Å². The van der Waals surface area contributed by atoms with E-state index in [0.29, 0.717) is 16.3 Å². The molecule has 23 heavy (non-hydrogen) atoms. The van der Waals surface area contributed by atoms with Crippen molar-refractivity contribution in [3.05, 3.63) is 63.7 Å². The number of hydrogen-bond donors (Lipinski definition) is 1. The molecule has 1 N–H and O–H groups in total. The number of benzene rings is 2. The number of carbonyl (C=O) groups excluding carboxylic acids is 2. The molecule has 5 heteroatoms. The van der Waals surface area contributed by atoms with Crippen LogP contribution >= 0.6 is 11.6 Å². The van der Waals surface area contributed by atoms with Crippen LogP contribution in [0.3, 0.4) is 0 Å². The standard InChI is InChI=1S/C18H18ClNO3/c1-11-6-12(2)8-14(7-11)18(22)23-10-17(21)20-15-5-4-13(3)16(19)9-15/h4-9H,10H2,1-3H3,(H,20,21). The van der Waals surface area contributed by atoms with E-state index >= 15 is 0 Å². The van der Waals surface area contributed by atoms with Gasteiger partial charge in [0.15, 0.2) is 6.61 Å². The van der Waals surface area contributed by atoms with Gasteiger partial charge >= 0.3 is 5.97 Å². The number of esters is 1. The number of anilines is 1. The van der Waals surface area contributed by atoms with Gasteiger partial charge in [0.1, 0.15) is 0 Å². The van der Waals surface area contributed by atoms with Crippen molar-refractivity contribution in [2.45, 2.75) is 20.8 Å². The van der Waals surface area contributed by atoms with E-state index < -0.39 is 11.9 Å². The van der Waals surface area contributed by atoms with E-state index in [1.165, 1.54) is 0 Å². The minimum atomic E-state index is -0.520. The first-order chi connectivity index (χ1) is 10.8. The Morgan fingerprint density at radius 3 is 2.30 bits per heavy atom. The fourth-order valence-corrected chi connectivity index (χ4v) is 2.36. The van der Waals surface area contributed by atoms with E-state index in [4.69, 9.17) is 16.3 Å². The van der Waals surface area contributed by atoms with Crippen LogP contribution in [-0.4, -0.2) is 18.5 Å². The van der Waals surface area contributed by atoms with Gasteiger partial charge in [0.2, 0.25) is 0 Å². The highest BCUT2D eigenvalue weighted by atomic mass is 35.5. The lowest BCUT2D eigenvalue weighted by Crippen LogP contribution is -2.21. The molecule has 2 aromatic rings. The molecule has 2 aromatic carbocycles. The number of halogens is 1. The van der Waals surface area contributed by atoms with Crippen molar-refractivity contribution in [2.24, 2.45) is 0 Å². The van der Waals surface area contributed by atoms with E-state index in [9.17, 15) is 9.59 Å². The van der Waals surface area contributed by atoms with Gasteiger partial charge in [0, 0.05) is 10.7 Å². The molecule has 0 unspecified atom stereocenters. The predicted octanol–water partition coefficient (Wildman–Crippen LogP) is 4.06. The first kappa shape index (κ1) is 17.0. The maximum absolute atomic E-state index is 12.0. The molecule has 2 rings (SSSR count). The van der Waals surface area contributed by atoms with Crippen LogP contribution in [0.4, 0.5) is 5.69 Å². The lowest BCUT2D eigenvalue weighted by atomic mass is 10.1. The maximum atomic E-state index is 12.0. The largest absolute Gasteiger partial charge is 0.452 e. The zero-order valence-electron chi connectivity index (χ0n) is 13.3. The number of aryl methyl sites for hydroxylation is 3. The number of carbonyl (C=O) groups is 2. The molecule has 0 saturated carbocycles. The molecule has 120 valence electrons. The predicted molar refractivity (Wildman–Crippen MR) is 91.0 cm³/mol. The Balaban J connectivity index is 1.93. The third kappa shape index (κ3) is 4.83. The Hall–Kier alpha value is -2.33. The second-order valence-corrected chi connectivity index (χ2v) is 5.87. The Morgan fingerprint density at radius 1 is 1.04 bits per heavy atom. The number of ether oxygens (including phenoxy) is 1. The summed E-state index contributed by atoms with van der Waals surface area (Å²) < 4.78 is 5.04. The molecule has 0 aliphatic carbocycles. The lowest BCUT2D eigenvalue weighted by molar-refractivity contribution is -0.119. The van der Waals surface area contributed by atoms with Gasteiger partial charge in [0.05, 0.1) is 5.56 Å². The van der Waals surface area contributed by atoms with Crippen LogP contribution in [0.1, 0.15) is 27.0 Å².